The van der Waals surface area contributed by atoms with Crippen LogP contribution in [-0.4, -0.2) is 16.8 Å². The van der Waals surface area contributed by atoms with Crippen molar-refractivity contribution in [3.8, 4) is 11.5 Å². The molecule has 0 bridgehead atoms. The van der Waals surface area contributed by atoms with Crippen LogP contribution in [0.1, 0.15) is 5.56 Å². The van der Waals surface area contributed by atoms with Gasteiger partial charge in [-0.1, -0.05) is 0 Å². The maximum absolute atomic E-state index is 12.6. The summed E-state index contributed by atoms with van der Waals surface area (Å²) in [5.74, 6) is 3.21. The molecule has 0 unspecified atom stereocenters. The minimum absolute atomic E-state index is 0.193. The molecule has 0 aromatic heterocycles. The van der Waals surface area contributed by atoms with Gasteiger partial charge in [0.05, 0.1) is 6.61 Å². The van der Waals surface area contributed by atoms with Gasteiger partial charge in [-0.2, -0.15) is 0 Å². The zero-order chi connectivity index (χ0) is 9.84. The van der Waals surface area contributed by atoms with Crippen molar-refractivity contribution in [1.29, 1.82) is 0 Å². The lowest BCUT2D eigenvalue weighted by Gasteiger charge is -2.04. The first-order chi connectivity index (χ1) is 6.15. The SMILES string of the molecule is NOCCc1cc(O)c(F)cc1O. The average Bonchev–Trinajstić information content (AvgIpc) is 2.09. The smallest absolute Gasteiger partial charge is 0.168 e. The molecule has 0 aliphatic rings. The van der Waals surface area contributed by atoms with Gasteiger partial charge < -0.3 is 15.1 Å². The molecule has 13 heavy (non-hydrogen) atoms. The van der Waals surface area contributed by atoms with Crippen LogP contribution in [0.25, 0.3) is 0 Å². The van der Waals surface area contributed by atoms with Crippen LogP contribution in [0.4, 0.5) is 4.39 Å². The molecule has 1 aromatic carbocycles. The summed E-state index contributed by atoms with van der Waals surface area (Å²) in [5.41, 5.74) is 0.393. The van der Waals surface area contributed by atoms with E-state index in [0.29, 0.717) is 12.0 Å². The van der Waals surface area contributed by atoms with E-state index in [1.807, 2.05) is 0 Å². The van der Waals surface area contributed by atoms with Gasteiger partial charge in [0.2, 0.25) is 0 Å². The van der Waals surface area contributed by atoms with Crippen molar-refractivity contribution in [3.05, 3.63) is 23.5 Å². The normalized spacial score (nSPS) is 10.3. The van der Waals surface area contributed by atoms with Crippen molar-refractivity contribution in [3.63, 3.8) is 0 Å². The van der Waals surface area contributed by atoms with Crippen LogP contribution in [0, 0.1) is 5.82 Å². The molecule has 0 saturated heterocycles. The minimum atomic E-state index is -0.852. The van der Waals surface area contributed by atoms with E-state index in [-0.39, 0.29) is 12.4 Å². The Morgan fingerprint density at radius 3 is 2.62 bits per heavy atom. The molecule has 4 N–H and O–H groups in total. The highest BCUT2D eigenvalue weighted by atomic mass is 19.1. The molecule has 0 spiro atoms. The first kappa shape index (κ1) is 9.76. The van der Waals surface area contributed by atoms with Gasteiger partial charge in [-0.25, -0.2) is 10.3 Å². The monoisotopic (exact) mass is 187 g/mol. The summed E-state index contributed by atoms with van der Waals surface area (Å²) in [6, 6.07) is 1.99. The van der Waals surface area contributed by atoms with E-state index >= 15 is 0 Å². The number of hydrogen-bond donors (Lipinski definition) is 3. The van der Waals surface area contributed by atoms with Crippen molar-refractivity contribution in [2.45, 2.75) is 6.42 Å². The van der Waals surface area contributed by atoms with Crippen molar-refractivity contribution in [2.75, 3.05) is 6.61 Å². The van der Waals surface area contributed by atoms with E-state index in [2.05, 4.69) is 4.84 Å². The van der Waals surface area contributed by atoms with Gasteiger partial charge in [-0.15, -0.1) is 0 Å². The number of nitrogens with two attached hydrogens (primary N) is 1. The van der Waals surface area contributed by atoms with Gasteiger partial charge in [0.15, 0.2) is 11.6 Å². The standard InChI is InChI=1S/C8H10FNO3/c9-6-4-7(11)5(1-2-13-10)3-8(6)12/h3-4,11-12H,1-2,10H2. The fourth-order valence-electron chi connectivity index (χ4n) is 0.964. The molecule has 0 aliphatic heterocycles. The van der Waals surface area contributed by atoms with Crippen LogP contribution in [-0.2, 0) is 11.3 Å². The lowest BCUT2D eigenvalue weighted by Crippen LogP contribution is -2.03. The Morgan fingerprint density at radius 1 is 1.31 bits per heavy atom. The second kappa shape index (κ2) is 4.06. The third kappa shape index (κ3) is 2.30. The number of aromatic hydroxyl groups is 2. The van der Waals surface area contributed by atoms with Gasteiger partial charge >= 0.3 is 0 Å². The molecule has 5 heteroatoms. The largest absolute Gasteiger partial charge is 0.508 e. The van der Waals surface area contributed by atoms with Crippen LogP contribution >= 0.6 is 0 Å². The zero-order valence-corrected chi connectivity index (χ0v) is 6.83. The predicted octanol–water partition coefficient (Wildman–Crippen LogP) is 0.670. The Labute approximate surface area is 74.3 Å². The van der Waals surface area contributed by atoms with Crippen LogP contribution in [0.3, 0.4) is 0 Å². The quantitative estimate of drug-likeness (QED) is 0.480. The van der Waals surface area contributed by atoms with Crippen molar-refractivity contribution >= 4 is 0 Å². The Morgan fingerprint density at radius 2 is 2.00 bits per heavy atom. The molecule has 72 valence electrons. The van der Waals surface area contributed by atoms with Gasteiger partial charge in [0.1, 0.15) is 5.75 Å². The highest BCUT2D eigenvalue weighted by Gasteiger charge is 2.07. The van der Waals surface area contributed by atoms with E-state index in [9.17, 15) is 9.50 Å². The molecule has 0 aliphatic carbocycles. The topological polar surface area (TPSA) is 75.7 Å². The van der Waals surface area contributed by atoms with E-state index in [1.165, 1.54) is 0 Å². The lowest BCUT2D eigenvalue weighted by molar-refractivity contribution is 0.140. The highest BCUT2D eigenvalue weighted by molar-refractivity contribution is 5.39. The van der Waals surface area contributed by atoms with Gasteiger partial charge in [-0.05, 0) is 6.07 Å². The lowest BCUT2D eigenvalue weighted by atomic mass is 10.1. The average molecular weight is 187 g/mol. The van der Waals surface area contributed by atoms with E-state index in [1.54, 1.807) is 0 Å². The molecule has 0 saturated carbocycles. The van der Waals surface area contributed by atoms with E-state index < -0.39 is 11.6 Å². The molecule has 1 rings (SSSR count). The van der Waals surface area contributed by atoms with Crippen LogP contribution in [0.2, 0.25) is 0 Å². The summed E-state index contributed by atoms with van der Waals surface area (Å²) in [6.07, 6.45) is 0.316. The maximum atomic E-state index is 12.6. The van der Waals surface area contributed by atoms with Crippen LogP contribution < -0.4 is 5.90 Å². The summed E-state index contributed by atoms with van der Waals surface area (Å²) in [7, 11) is 0. The van der Waals surface area contributed by atoms with Crippen molar-refractivity contribution in [1.82, 2.24) is 0 Å². The zero-order valence-electron chi connectivity index (χ0n) is 6.83. The van der Waals surface area contributed by atoms with E-state index in [0.717, 1.165) is 12.1 Å². The number of halogens is 1. The number of rotatable bonds is 3. The second-order valence-electron chi connectivity index (χ2n) is 2.55. The summed E-state index contributed by atoms with van der Waals surface area (Å²) in [5, 5.41) is 18.2. The Bertz CT molecular complexity index is 304. The molecule has 0 radical (unpaired) electrons. The molecule has 0 fully saturated rings. The van der Waals surface area contributed by atoms with Gasteiger partial charge in [0, 0.05) is 18.1 Å². The van der Waals surface area contributed by atoms with Gasteiger partial charge in [-0.3, -0.25) is 0 Å². The first-order valence-electron chi connectivity index (χ1n) is 3.67. The predicted molar refractivity (Wildman–Crippen MR) is 43.6 cm³/mol. The summed E-state index contributed by atoms with van der Waals surface area (Å²) >= 11 is 0. The maximum Gasteiger partial charge on any atom is 0.168 e. The van der Waals surface area contributed by atoms with Gasteiger partial charge in [0.25, 0.3) is 0 Å². The summed E-state index contributed by atoms with van der Waals surface area (Å²) in [6.45, 7) is 0.193. The van der Waals surface area contributed by atoms with Crippen LogP contribution in [0.5, 0.6) is 11.5 Å². The number of phenolic OH excluding ortho intramolecular Hbond substituents is 2. The molecule has 0 amide bonds. The Hall–Kier alpha value is -1.33. The Balaban J connectivity index is 2.88. The van der Waals surface area contributed by atoms with E-state index in [4.69, 9.17) is 11.0 Å². The second-order valence-corrected chi connectivity index (χ2v) is 2.55. The molecule has 4 nitrogen and oxygen atoms in total. The number of hydrogen-bond acceptors (Lipinski definition) is 4. The van der Waals surface area contributed by atoms with Crippen LogP contribution in [0.15, 0.2) is 12.1 Å². The fraction of sp³-hybridized carbons (Fsp3) is 0.250. The third-order valence-electron chi connectivity index (χ3n) is 1.64. The number of phenols is 2. The van der Waals surface area contributed by atoms with Crippen molar-refractivity contribution < 1.29 is 19.4 Å². The molecule has 0 atom stereocenters. The highest BCUT2D eigenvalue weighted by Crippen LogP contribution is 2.25. The summed E-state index contributed by atoms with van der Waals surface area (Å²) in [4.78, 5) is 4.28. The fourth-order valence-corrected chi connectivity index (χ4v) is 0.964. The molecule has 0 heterocycles. The molecule has 1 aromatic rings. The molecular weight excluding hydrogens is 177 g/mol. The first-order valence-corrected chi connectivity index (χ1v) is 3.67. The third-order valence-corrected chi connectivity index (χ3v) is 1.64. The summed E-state index contributed by atoms with van der Waals surface area (Å²) < 4.78 is 12.6. The molecular formula is C8H10FNO3. The number of benzene rings is 1. The minimum Gasteiger partial charge on any atom is -0.508 e. The van der Waals surface area contributed by atoms with Crippen molar-refractivity contribution in [2.24, 2.45) is 5.90 Å². The Kier molecular flexibility index (Phi) is 3.05.